The average Bonchev–Trinajstić information content (AvgIpc) is 2.01. The van der Waals surface area contributed by atoms with Crippen LogP contribution in [-0.4, -0.2) is 0 Å². The molecule has 0 aromatic rings. The van der Waals surface area contributed by atoms with Gasteiger partial charge in [0.1, 0.15) is 0 Å². The van der Waals surface area contributed by atoms with E-state index >= 15 is 0 Å². The first-order valence-corrected chi connectivity index (χ1v) is 4.02. The van der Waals surface area contributed by atoms with Gasteiger partial charge in [0.05, 0.1) is 0 Å². The van der Waals surface area contributed by atoms with E-state index in [4.69, 9.17) is 5.73 Å². The van der Waals surface area contributed by atoms with Gasteiger partial charge in [-0.1, -0.05) is 43.7 Å². The lowest BCUT2D eigenvalue weighted by Crippen LogP contribution is -1.82. The Morgan fingerprint density at radius 1 is 1.55 bits per heavy atom. The predicted molar refractivity (Wildman–Crippen MR) is 51.1 cm³/mol. The molecule has 0 aromatic heterocycles. The summed E-state index contributed by atoms with van der Waals surface area (Å²) in [5, 5.41) is 0. The molecule has 0 saturated heterocycles. The van der Waals surface area contributed by atoms with Gasteiger partial charge in [0.25, 0.3) is 0 Å². The van der Waals surface area contributed by atoms with E-state index < -0.39 is 0 Å². The third kappa shape index (κ3) is 5.46. The van der Waals surface area contributed by atoms with Crippen LogP contribution in [0.3, 0.4) is 0 Å². The summed E-state index contributed by atoms with van der Waals surface area (Å²) in [6, 6.07) is 0. The second-order valence-corrected chi connectivity index (χ2v) is 2.44. The third-order valence-corrected chi connectivity index (χ3v) is 1.44. The van der Waals surface area contributed by atoms with Gasteiger partial charge in [0.15, 0.2) is 0 Å². The molecule has 0 unspecified atom stereocenters. The van der Waals surface area contributed by atoms with Crippen LogP contribution in [0.15, 0.2) is 36.6 Å². The van der Waals surface area contributed by atoms with Crippen LogP contribution < -0.4 is 5.73 Å². The number of nitrogens with two attached hydrogens (primary N) is 1. The minimum atomic E-state index is 0.955. The second-order valence-electron chi connectivity index (χ2n) is 2.44. The van der Waals surface area contributed by atoms with E-state index in [9.17, 15) is 0 Å². The van der Waals surface area contributed by atoms with Crippen molar-refractivity contribution in [3.63, 3.8) is 0 Å². The van der Waals surface area contributed by atoms with Crippen LogP contribution in [0.5, 0.6) is 0 Å². The Bertz CT molecular complexity index is 154. The van der Waals surface area contributed by atoms with Crippen LogP contribution in [0.2, 0.25) is 0 Å². The number of hydrogen-bond acceptors (Lipinski definition) is 1. The Morgan fingerprint density at radius 2 is 2.27 bits per heavy atom. The highest BCUT2D eigenvalue weighted by atomic mass is 14.5. The molecule has 0 aliphatic heterocycles. The molecule has 0 amide bonds. The molecule has 0 fully saturated rings. The van der Waals surface area contributed by atoms with E-state index in [0.717, 1.165) is 12.8 Å². The summed E-state index contributed by atoms with van der Waals surface area (Å²) in [4.78, 5) is 0. The van der Waals surface area contributed by atoms with Gasteiger partial charge in [-0.25, -0.2) is 0 Å². The van der Waals surface area contributed by atoms with Gasteiger partial charge in [-0.2, -0.15) is 0 Å². The Morgan fingerprint density at radius 3 is 2.73 bits per heavy atom. The summed E-state index contributed by atoms with van der Waals surface area (Å²) < 4.78 is 0. The summed E-state index contributed by atoms with van der Waals surface area (Å²) in [5.41, 5.74) is 6.63. The summed E-state index contributed by atoms with van der Waals surface area (Å²) in [6.07, 6.45) is 10.7. The zero-order chi connectivity index (χ0) is 8.53. The van der Waals surface area contributed by atoms with Gasteiger partial charge in [-0.05, 0) is 19.0 Å². The van der Waals surface area contributed by atoms with Crippen LogP contribution in [0, 0.1) is 0 Å². The Kier molecular flexibility index (Phi) is 6.50. The average molecular weight is 151 g/mol. The van der Waals surface area contributed by atoms with Crippen molar-refractivity contribution in [3.05, 3.63) is 36.6 Å². The van der Waals surface area contributed by atoms with Gasteiger partial charge in [0.2, 0.25) is 0 Å². The molecule has 0 radical (unpaired) electrons. The number of hydrogen-bond donors (Lipinski definition) is 1. The van der Waals surface area contributed by atoms with Crippen LogP contribution in [0.25, 0.3) is 0 Å². The molecule has 0 aromatic carbocycles. The monoisotopic (exact) mass is 151 g/mol. The highest BCUT2D eigenvalue weighted by molar-refractivity contribution is 5.13. The van der Waals surface area contributed by atoms with Gasteiger partial charge in [-0.15, -0.1) is 0 Å². The summed E-state index contributed by atoms with van der Waals surface area (Å²) in [7, 11) is 0. The molecule has 0 rings (SSSR count). The molecule has 2 N–H and O–H groups in total. The zero-order valence-electron chi connectivity index (χ0n) is 7.22. The van der Waals surface area contributed by atoms with Crippen LogP contribution >= 0.6 is 0 Å². The minimum absolute atomic E-state index is 0.955. The molecule has 0 bridgehead atoms. The molecular formula is C10H17N. The molecule has 0 aliphatic carbocycles. The van der Waals surface area contributed by atoms with Gasteiger partial charge < -0.3 is 5.73 Å². The lowest BCUT2D eigenvalue weighted by atomic mass is 10.1. The van der Waals surface area contributed by atoms with Gasteiger partial charge >= 0.3 is 0 Å². The van der Waals surface area contributed by atoms with Crippen molar-refractivity contribution < 1.29 is 0 Å². The maximum atomic E-state index is 5.24. The van der Waals surface area contributed by atoms with E-state index in [0.29, 0.717) is 0 Å². The van der Waals surface area contributed by atoms with Crippen LogP contribution in [-0.2, 0) is 0 Å². The van der Waals surface area contributed by atoms with Crippen molar-refractivity contribution in [1.29, 1.82) is 0 Å². The molecule has 1 heteroatoms. The van der Waals surface area contributed by atoms with E-state index in [1.165, 1.54) is 12.0 Å². The fourth-order valence-corrected chi connectivity index (χ4v) is 0.961. The third-order valence-electron chi connectivity index (χ3n) is 1.44. The lowest BCUT2D eigenvalue weighted by Gasteiger charge is -1.99. The normalized spacial score (nSPS) is 12.3. The van der Waals surface area contributed by atoms with Crippen molar-refractivity contribution in [2.75, 3.05) is 0 Å². The van der Waals surface area contributed by atoms with Crippen molar-refractivity contribution in [3.8, 4) is 0 Å². The molecular weight excluding hydrogens is 134 g/mol. The Hall–Kier alpha value is -0.980. The lowest BCUT2D eigenvalue weighted by molar-refractivity contribution is 0.879. The predicted octanol–water partition coefficient (Wildman–Crippen LogP) is 2.76. The fourth-order valence-electron chi connectivity index (χ4n) is 0.961. The molecule has 0 heterocycles. The van der Waals surface area contributed by atoms with E-state index in [-0.39, 0.29) is 0 Å². The van der Waals surface area contributed by atoms with Gasteiger partial charge in [-0.3, -0.25) is 0 Å². The van der Waals surface area contributed by atoms with Crippen LogP contribution in [0.4, 0.5) is 0 Å². The molecule has 0 atom stereocenters. The first-order chi connectivity index (χ1) is 5.35. The molecule has 62 valence electrons. The topological polar surface area (TPSA) is 26.0 Å². The quantitative estimate of drug-likeness (QED) is 0.601. The van der Waals surface area contributed by atoms with E-state index in [2.05, 4.69) is 19.6 Å². The Labute approximate surface area is 69.3 Å². The first-order valence-electron chi connectivity index (χ1n) is 4.02. The number of allylic oxidation sites excluding steroid dienone is 4. The first kappa shape index (κ1) is 10.0. The second kappa shape index (κ2) is 7.13. The van der Waals surface area contributed by atoms with E-state index in [1.54, 1.807) is 6.20 Å². The standard InChI is InChI=1S/C10H17N/c1-3-6-10(7-4-2)8-5-9-11/h3,5-6,9H,1,4,7-8,11H2,2H3/b9-5-,10-6-. The van der Waals surface area contributed by atoms with Crippen molar-refractivity contribution >= 4 is 0 Å². The molecule has 11 heavy (non-hydrogen) atoms. The minimum Gasteiger partial charge on any atom is -0.405 e. The zero-order valence-corrected chi connectivity index (χ0v) is 7.22. The smallest absolute Gasteiger partial charge is 0.00998 e. The SMILES string of the molecule is C=C/C=C(\C/C=C\N)CCC. The van der Waals surface area contributed by atoms with Crippen LogP contribution in [0.1, 0.15) is 26.2 Å². The van der Waals surface area contributed by atoms with E-state index in [1.807, 2.05) is 12.2 Å². The summed E-state index contributed by atoms with van der Waals surface area (Å²) in [6.45, 7) is 5.83. The maximum absolute atomic E-state index is 5.24. The van der Waals surface area contributed by atoms with Gasteiger partial charge in [0, 0.05) is 0 Å². The summed E-state index contributed by atoms with van der Waals surface area (Å²) >= 11 is 0. The number of rotatable bonds is 5. The highest BCUT2D eigenvalue weighted by Gasteiger charge is 1.90. The summed E-state index contributed by atoms with van der Waals surface area (Å²) in [5.74, 6) is 0. The maximum Gasteiger partial charge on any atom is -0.00998 e. The van der Waals surface area contributed by atoms with Crippen molar-refractivity contribution in [2.45, 2.75) is 26.2 Å². The van der Waals surface area contributed by atoms with Crippen molar-refractivity contribution in [2.24, 2.45) is 5.73 Å². The molecule has 0 spiro atoms. The molecule has 0 saturated carbocycles. The fraction of sp³-hybridized carbons (Fsp3) is 0.400. The van der Waals surface area contributed by atoms with Crippen molar-refractivity contribution in [1.82, 2.24) is 0 Å². The molecule has 1 nitrogen and oxygen atoms in total. The largest absolute Gasteiger partial charge is 0.405 e. The molecule has 0 aliphatic rings. The Balaban J connectivity index is 3.88. The highest BCUT2D eigenvalue weighted by Crippen LogP contribution is 2.09.